The van der Waals surface area contributed by atoms with Crippen molar-refractivity contribution in [2.24, 2.45) is 0 Å². The fourth-order valence-electron chi connectivity index (χ4n) is 0.888. The Morgan fingerprint density at radius 3 is 2.64 bits per heavy atom. The number of benzene rings is 1. The molecule has 0 radical (unpaired) electrons. The van der Waals surface area contributed by atoms with E-state index in [1.54, 1.807) is 6.92 Å². The lowest BCUT2D eigenvalue weighted by Crippen LogP contribution is -2.07. The van der Waals surface area contributed by atoms with Gasteiger partial charge in [0.1, 0.15) is 11.6 Å². The highest BCUT2D eigenvalue weighted by atomic mass is 79.9. The molecule has 0 heterocycles. The smallest absolute Gasteiger partial charge is 0.341 e. The van der Waals surface area contributed by atoms with Gasteiger partial charge in [0.25, 0.3) is 0 Å². The van der Waals surface area contributed by atoms with Gasteiger partial charge in [-0.05, 0) is 35.0 Å². The molecule has 0 saturated heterocycles. The predicted molar refractivity (Wildman–Crippen MR) is 50.0 cm³/mol. The maximum atomic E-state index is 13.1. The van der Waals surface area contributed by atoms with Gasteiger partial charge in [-0.25, -0.2) is 13.6 Å². The van der Waals surface area contributed by atoms with E-state index >= 15 is 0 Å². The molecule has 0 aliphatic carbocycles. The number of hydrogen-bond donors (Lipinski definition) is 0. The lowest BCUT2D eigenvalue weighted by atomic mass is 10.2. The van der Waals surface area contributed by atoms with Crippen molar-refractivity contribution in [2.75, 3.05) is 6.61 Å². The van der Waals surface area contributed by atoms with Gasteiger partial charge < -0.3 is 4.74 Å². The first-order valence-electron chi connectivity index (χ1n) is 3.88. The lowest BCUT2D eigenvalue weighted by Gasteiger charge is -2.03. The van der Waals surface area contributed by atoms with Crippen LogP contribution in [0.15, 0.2) is 16.6 Å². The first-order valence-corrected chi connectivity index (χ1v) is 4.67. The molecule has 0 atom stereocenters. The van der Waals surface area contributed by atoms with Crippen molar-refractivity contribution in [2.45, 2.75) is 6.92 Å². The summed E-state index contributed by atoms with van der Waals surface area (Å²) in [6.07, 6.45) is 0. The molecule has 1 rings (SSSR count). The number of carbonyl (C=O) groups is 1. The van der Waals surface area contributed by atoms with E-state index in [-0.39, 0.29) is 11.1 Å². The highest BCUT2D eigenvalue weighted by Crippen LogP contribution is 2.20. The van der Waals surface area contributed by atoms with Crippen molar-refractivity contribution in [3.05, 3.63) is 33.8 Å². The quantitative estimate of drug-likeness (QED) is 0.607. The molecule has 0 spiro atoms. The molecule has 0 saturated carbocycles. The van der Waals surface area contributed by atoms with Crippen molar-refractivity contribution in [3.63, 3.8) is 0 Å². The van der Waals surface area contributed by atoms with Crippen molar-refractivity contribution in [1.29, 1.82) is 0 Å². The minimum absolute atomic E-state index is 0.0250. The molecule has 0 bridgehead atoms. The Morgan fingerprint density at radius 2 is 2.07 bits per heavy atom. The van der Waals surface area contributed by atoms with Crippen LogP contribution in [0.1, 0.15) is 17.3 Å². The number of carbonyl (C=O) groups excluding carboxylic acids is 1. The first kappa shape index (κ1) is 11.1. The largest absolute Gasteiger partial charge is 0.462 e. The lowest BCUT2D eigenvalue weighted by molar-refractivity contribution is 0.0520. The molecule has 14 heavy (non-hydrogen) atoms. The monoisotopic (exact) mass is 264 g/mol. The number of halogens is 3. The van der Waals surface area contributed by atoms with Crippen LogP contribution in [0.4, 0.5) is 8.78 Å². The van der Waals surface area contributed by atoms with E-state index < -0.39 is 23.2 Å². The van der Waals surface area contributed by atoms with Crippen molar-refractivity contribution < 1.29 is 18.3 Å². The summed E-state index contributed by atoms with van der Waals surface area (Å²) in [5.41, 5.74) is -0.396. The second-order valence-electron chi connectivity index (χ2n) is 2.47. The van der Waals surface area contributed by atoms with E-state index in [1.807, 2.05) is 0 Å². The topological polar surface area (TPSA) is 26.3 Å². The van der Waals surface area contributed by atoms with Crippen LogP contribution in [0.2, 0.25) is 0 Å². The third kappa shape index (κ3) is 2.29. The Kier molecular flexibility index (Phi) is 3.57. The highest BCUT2D eigenvalue weighted by Gasteiger charge is 2.15. The van der Waals surface area contributed by atoms with Gasteiger partial charge in [0, 0.05) is 0 Å². The first-order chi connectivity index (χ1) is 6.56. The Morgan fingerprint density at radius 1 is 1.43 bits per heavy atom. The summed E-state index contributed by atoms with van der Waals surface area (Å²) < 4.78 is 30.6. The van der Waals surface area contributed by atoms with Gasteiger partial charge in [-0.3, -0.25) is 0 Å². The van der Waals surface area contributed by atoms with E-state index in [2.05, 4.69) is 20.7 Å². The van der Waals surface area contributed by atoms with Gasteiger partial charge >= 0.3 is 5.97 Å². The van der Waals surface area contributed by atoms with E-state index in [9.17, 15) is 13.6 Å². The fourth-order valence-corrected chi connectivity index (χ4v) is 1.20. The zero-order chi connectivity index (χ0) is 10.7. The van der Waals surface area contributed by atoms with Gasteiger partial charge in [-0.1, -0.05) is 0 Å². The fraction of sp³-hybridized carbons (Fsp3) is 0.222. The van der Waals surface area contributed by atoms with Crippen molar-refractivity contribution in [1.82, 2.24) is 0 Å². The number of esters is 1. The minimum atomic E-state index is -0.864. The summed E-state index contributed by atoms with van der Waals surface area (Å²) in [6.45, 7) is 1.71. The molecule has 2 nitrogen and oxygen atoms in total. The van der Waals surface area contributed by atoms with Crippen LogP contribution >= 0.6 is 15.9 Å². The maximum absolute atomic E-state index is 13.1. The number of hydrogen-bond acceptors (Lipinski definition) is 2. The molecule has 1 aromatic rings. The van der Waals surface area contributed by atoms with Crippen LogP contribution in [0.5, 0.6) is 0 Å². The van der Waals surface area contributed by atoms with Crippen molar-refractivity contribution >= 4 is 21.9 Å². The molecule has 0 amide bonds. The molecule has 1 aromatic carbocycles. The van der Waals surface area contributed by atoms with E-state index in [4.69, 9.17) is 0 Å². The van der Waals surface area contributed by atoms with Gasteiger partial charge in [0.2, 0.25) is 0 Å². The summed E-state index contributed by atoms with van der Waals surface area (Å²) in [6, 6.07) is 1.69. The van der Waals surface area contributed by atoms with Crippen LogP contribution < -0.4 is 0 Å². The number of ether oxygens (including phenoxy) is 1. The van der Waals surface area contributed by atoms with E-state index in [0.717, 1.165) is 12.1 Å². The average molecular weight is 265 g/mol. The zero-order valence-corrected chi connectivity index (χ0v) is 8.90. The molecule has 0 fully saturated rings. The van der Waals surface area contributed by atoms with Gasteiger partial charge in [0.05, 0.1) is 16.6 Å². The Labute approximate surface area is 88.0 Å². The molecular formula is C9H7BrF2O2. The predicted octanol–water partition coefficient (Wildman–Crippen LogP) is 2.90. The van der Waals surface area contributed by atoms with Crippen LogP contribution in [0.25, 0.3) is 0 Å². The zero-order valence-electron chi connectivity index (χ0n) is 7.31. The summed E-state index contributed by atoms with van der Waals surface area (Å²) in [5, 5.41) is 0. The third-order valence-electron chi connectivity index (χ3n) is 1.51. The van der Waals surface area contributed by atoms with Gasteiger partial charge in [-0.2, -0.15) is 0 Å². The second-order valence-corrected chi connectivity index (χ2v) is 3.32. The molecular weight excluding hydrogens is 258 g/mol. The normalized spacial score (nSPS) is 10.0. The molecule has 0 aliphatic rings. The molecule has 0 aromatic heterocycles. The standard InChI is InChI=1S/C9H7BrF2O2/c1-2-14-9(13)5-3-8(12)6(10)4-7(5)11/h3-4H,2H2,1H3. The second kappa shape index (κ2) is 4.50. The Bertz CT molecular complexity index is 366. The minimum Gasteiger partial charge on any atom is -0.462 e. The van der Waals surface area contributed by atoms with Crippen molar-refractivity contribution in [3.8, 4) is 0 Å². The van der Waals surface area contributed by atoms with E-state index in [1.165, 1.54) is 0 Å². The Balaban J connectivity index is 3.09. The summed E-state index contributed by atoms with van der Waals surface area (Å²) in [5.74, 6) is -2.37. The van der Waals surface area contributed by atoms with Gasteiger partial charge in [-0.15, -0.1) is 0 Å². The Hall–Kier alpha value is -0.970. The number of rotatable bonds is 2. The third-order valence-corrected chi connectivity index (χ3v) is 2.11. The molecule has 0 aliphatic heterocycles. The van der Waals surface area contributed by atoms with Crippen LogP contribution in [0, 0.1) is 11.6 Å². The average Bonchev–Trinajstić information content (AvgIpc) is 2.11. The molecule has 0 N–H and O–H groups in total. The molecule has 76 valence electrons. The highest BCUT2D eigenvalue weighted by molar-refractivity contribution is 9.10. The van der Waals surface area contributed by atoms with Crippen LogP contribution in [-0.2, 0) is 4.74 Å². The van der Waals surface area contributed by atoms with Gasteiger partial charge in [0.15, 0.2) is 0 Å². The van der Waals surface area contributed by atoms with Crippen LogP contribution in [0.3, 0.4) is 0 Å². The maximum Gasteiger partial charge on any atom is 0.341 e. The van der Waals surface area contributed by atoms with E-state index in [0.29, 0.717) is 0 Å². The molecule has 0 unspecified atom stereocenters. The summed E-state index contributed by atoms with van der Waals surface area (Å²) in [7, 11) is 0. The van der Waals surface area contributed by atoms with Crippen LogP contribution in [-0.4, -0.2) is 12.6 Å². The summed E-state index contributed by atoms with van der Waals surface area (Å²) >= 11 is 2.80. The molecule has 5 heteroatoms. The summed E-state index contributed by atoms with van der Waals surface area (Å²) in [4.78, 5) is 11.1. The SMILES string of the molecule is CCOC(=O)c1cc(F)c(Br)cc1F.